The Morgan fingerprint density at radius 3 is 2.38 bits per heavy atom. The minimum Gasteiger partial charge on any atom is -0.332 e. The topological polar surface area (TPSA) is 54.0 Å². The van der Waals surface area contributed by atoms with Gasteiger partial charge in [0.15, 0.2) is 5.13 Å². The van der Waals surface area contributed by atoms with E-state index in [-0.39, 0.29) is 11.7 Å². The number of halogens is 2. The number of nitrogens with zero attached hydrogens (tertiary/aromatic N) is 1. The van der Waals surface area contributed by atoms with Crippen molar-refractivity contribution < 1.29 is 9.18 Å². The van der Waals surface area contributed by atoms with E-state index in [2.05, 4.69) is 38.2 Å². The fraction of sp³-hybridized carbons (Fsp3) is 0.0588. The van der Waals surface area contributed by atoms with Gasteiger partial charge in [-0.3, -0.25) is 4.79 Å². The number of hydrogen-bond donors (Lipinski definition) is 2. The lowest BCUT2D eigenvalue weighted by Crippen LogP contribution is -2.11. The molecule has 2 N–H and O–H groups in total. The first kappa shape index (κ1) is 16.8. The molecule has 0 aliphatic carbocycles. The van der Waals surface area contributed by atoms with Gasteiger partial charge in [-0.1, -0.05) is 11.3 Å². The Kier molecular flexibility index (Phi) is 5.10. The van der Waals surface area contributed by atoms with Gasteiger partial charge in [-0.25, -0.2) is 9.37 Å². The Hall–Kier alpha value is -2.00. The molecule has 3 rings (SSSR count). The monoisotopic (exact) mass is 453 g/mol. The molecule has 0 aliphatic heterocycles. The number of benzene rings is 2. The summed E-state index contributed by atoms with van der Waals surface area (Å²) in [7, 11) is 0. The quantitative estimate of drug-likeness (QED) is 0.535. The number of carbonyl (C=O) groups excluding carboxylic acids is 1. The Balaban J connectivity index is 1.74. The molecule has 0 atom stereocenters. The first-order chi connectivity index (χ1) is 11.5. The van der Waals surface area contributed by atoms with E-state index < -0.39 is 0 Å². The molecule has 7 heteroatoms. The zero-order valence-electron chi connectivity index (χ0n) is 12.6. The normalized spacial score (nSPS) is 10.5. The molecule has 1 amide bonds. The van der Waals surface area contributed by atoms with Crippen LogP contribution >= 0.6 is 33.9 Å². The third-order valence-electron chi connectivity index (χ3n) is 3.20. The second-order valence-electron chi connectivity index (χ2n) is 5.03. The predicted molar refractivity (Wildman–Crippen MR) is 104 cm³/mol. The van der Waals surface area contributed by atoms with Crippen LogP contribution in [0.1, 0.15) is 15.4 Å². The molecular weight excluding hydrogens is 440 g/mol. The summed E-state index contributed by atoms with van der Waals surface area (Å²) in [6.07, 6.45) is 0. The van der Waals surface area contributed by atoms with Crippen LogP contribution in [0.15, 0.2) is 48.5 Å². The molecule has 1 heterocycles. The maximum absolute atomic E-state index is 12.9. The summed E-state index contributed by atoms with van der Waals surface area (Å²) < 4.78 is 14.0. The van der Waals surface area contributed by atoms with Crippen LogP contribution in [0.3, 0.4) is 0 Å². The molecule has 0 spiro atoms. The van der Waals surface area contributed by atoms with Crippen molar-refractivity contribution in [1.82, 2.24) is 4.98 Å². The molecule has 0 saturated carbocycles. The summed E-state index contributed by atoms with van der Waals surface area (Å²) in [5.41, 5.74) is 2.10. The van der Waals surface area contributed by atoms with Crippen molar-refractivity contribution in [2.45, 2.75) is 6.92 Å². The van der Waals surface area contributed by atoms with Crippen LogP contribution in [-0.4, -0.2) is 10.9 Å². The summed E-state index contributed by atoms with van der Waals surface area (Å²) in [4.78, 5) is 17.3. The van der Waals surface area contributed by atoms with Gasteiger partial charge < -0.3 is 10.6 Å². The standard InChI is InChI=1S/C17H13FIN3OS/c1-10-15(16(23)21-13-8-4-12(19)5-9-13)24-17(20-10)22-14-6-2-11(18)3-7-14/h2-9H,1H3,(H,20,22)(H,21,23). The van der Waals surface area contributed by atoms with Crippen molar-refractivity contribution >= 4 is 56.3 Å². The number of thiazole rings is 1. The second-order valence-corrected chi connectivity index (χ2v) is 7.27. The molecule has 0 radical (unpaired) electrons. The van der Waals surface area contributed by atoms with Crippen LogP contribution in [0, 0.1) is 16.3 Å². The highest BCUT2D eigenvalue weighted by molar-refractivity contribution is 14.1. The summed E-state index contributed by atoms with van der Waals surface area (Å²) in [6, 6.07) is 13.5. The maximum atomic E-state index is 12.9. The zero-order valence-corrected chi connectivity index (χ0v) is 15.6. The molecule has 0 saturated heterocycles. The van der Waals surface area contributed by atoms with Crippen LogP contribution < -0.4 is 10.6 Å². The lowest BCUT2D eigenvalue weighted by molar-refractivity contribution is 0.103. The summed E-state index contributed by atoms with van der Waals surface area (Å²) in [5.74, 6) is -0.494. The number of nitrogens with one attached hydrogen (secondary N) is 2. The molecule has 3 aromatic rings. The Morgan fingerprint density at radius 2 is 1.71 bits per heavy atom. The number of hydrogen-bond acceptors (Lipinski definition) is 4. The van der Waals surface area contributed by atoms with Crippen molar-refractivity contribution in [3.63, 3.8) is 0 Å². The van der Waals surface area contributed by atoms with Crippen molar-refractivity contribution in [1.29, 1.82) is 0 Å². The highest BCUT2D eigenvalue weighted by atomic mass is 127. The minimum absolute atomic E-state index is 0.196. The molecule has 0 aliphatic rings. The molecule has 0 bridgehead atoms. The van der Waals surface area contributed by atoms with Gasteiger partial charge in [0.25, 0.3) is 5.91 Å². The van der Waals surface area contributed by atoms with Gasteiger partial charge >= 0.3 is 0 Å². The Morgan fingerprint density at radius 1 is 1.08 bits per heavy atom. The van der Waals surface area contributed by atoms with Gasteiger partial charge in [0.2, 0.25) is 0 Å². The summed E-state index contributed by atoms with van der Waals surface area (Å²) in [5, 5.41) is 6.53. The molecule has 122 valence electrons. The molecule has 4 nitrogen and oxygen atoms in total. The minimum atomic E-state index is -0.298. The van der Waals surface area contributed by atoms with Gasteiger partial charge in [-0.15, -0.1) is 0 Å². The number of rotatable bonds is 4. The lowest BCUT2D eigenvalue weighted by atomic mass is 10.3. The summed E-state index contributed by atoms with van der Waals surface area (Å²) in [6.45, 7) is 1.79. The van der Waals surface area contributed by atoms with E-state index in [1.807, 2.05) is 24.3 Å². The van der Waals surface area contributed by atoms with E-state index in [4.69, 9.17) is 0 Å². The molecule has 2 aromatic carbocycles. The highest BCUT2D eigenvalue weighted by Crippen LogP contribution is 2.26. The first-order valence-electron chi connectivity index (χ1n) is 7.08. The van der Waals surface area contributed by atoms with Crippen molar-refractivity contribution in [3.05, 3.63) is 68.5 Å². The van der Waals surface area contributed by atoms with Crippen molar-refractivity contribution in [2.24, 2.45) is 0 Å². The second kappa shape index (κ2) is 7.27. The van der Waals surface area contributed by atoms with Crippen LogP contribution in [0.4, 0.5) is 20.9 Å². The van der Waals surface area contributed by atoms with E-state index in [9.17, 15) is 9.18 Å². The van der Waals surface area contributed by atoms with Gasteiger partial charge in [0.1, 0.15) is 10.7 Å². The molecular formula is C17H13FIN3OS. The third kappa shape index (κ3) is 4.09. The van der Waals surface area contributed by atoms with Gasteiger partial charge in [0.05, 0.1) is 5.69 Å². The fourth-order valence-corrected chi connectivity index (χ4v) is 3.28. The number of amides is 1. The maximum Gasteiger partial charge on any atom is 0.267 e. The Bertz CT molecular complexity index is 863. The zero-order chi connectivity index (χ0) is 17.1. The van der Waals surface area contributed by atoms with Crippen LogP contribution in [0.5, 0.6) is 0 Å². The van der Waals surface area contributed by atoms with Gasteiger partial charge in [0, 0.05) is 14.9 Å². The summed E-state index contributed by atoms with van der Waals surface area (Å²) >= 11 is 3.47. The smallest absolute Gasteiger partial charge is 0.267 e. The van der Waals surface area contributed by atoms with E-state index in [1.54, 1.807) is 19.1 Å². The molecule has 24 heavy (non-hydrogen) atoms. The number of aromatic nitrogens is 1. The van der Waals surface area contributed by atoms with Gasteiger partial charge in [-0.2, -0.15) is 0 Å². The van der Waals surface area contributed by atoms with Crippen LogP contribution in [0.2, 0.25) is 0 Å². The SMILES string of the molecule is Cc1nc(Nc2ccc(F)cc2)sc1C(=O)Nc1ccc(I)cc1. The average molecular weight is 453 g/mol. The lowest BCUT2D eigenvalue weighted by Gasteiger charge is -2.04. The number of anilines is 3. The molecule has 0 fully saturated rings. The van der Waals surface area contributed by atoms with E-state index in [0.29, 0.717) is 15.7 Å². The number of carbonyl (C=O) groups is 1. The van der Waals surface area contributed by atoms with Gasteiger partial charge in [-0.05, 0) is 78.0 Å². The van der Waals surface area contributed by atoms with E-state index in [1.165, 1.54) is 23.5 Å². The predicted octanol–water partition coefficient (Wildman–Crippen LogP) is 5.19. The van der Waals surface area contributed by atoms with E-state index >= 15 is 0 Å². The van der Waals surface area contributed by atoms with Crippen molar-refractivity contribution in [3.8, 4) is 0 Å². The highest BCUT2D eigenvalue weighted by Gasteiger charge is 2.15. The molecule has 0 unspecified atom stereocenters. The average Bonchev–Trinajstić information content (AvgIpc) is 2.92. The largest absolute Gasteiger partial charge is 0.332 e. The van der Waals surface area contributed by atoms with Crippen molar-refractivity contribution in [2.75, 3.05) is 10.6 Å². The first-order valence-corrected chi connectivity index (χ1v) is 8.98. The Labute approximate surface area is 156 Å². The third-order valence-corrected chi connectivity index (χ3v) is 4.99. The van der Waals surface area contributed by atoms with Crippen LogP contribution in [-0.2, 0) is 0 Å². The fourth-order valence-electron chi connectivity index (χ4n) is 2.04. The van der Waals surface area contributed by atoms with Crippen LogP contribution in [0.25, 0.3) is 0 Å². The molecule has 1 aromatic heterocycles. The number of aryl methyl sites for hydroxylation is 1. The van der Waals surface area contributed by atoms with E-state index in [0.717, 1.165) is 14.9 Å².